The summed E-state index contributed by atoms with van der Waals surface area (Å²) in [5, 5.41) is 17.7. The van der Waals surface area contributed by atoms with E-state index in [4.69, 9.17) is 5.11 Å². The van der Waals surface area contributed by atoms with Crippen molar-refractivity contribution in [1.82, 2.24) is 10.1 Å². The fourth-order valence-electron chi connectivity index (χ4n) is 1.18. The molecule has 1 aromatic heterocycles. The molecule has 0 radical (unpaired) electrons. The first-order valence-corrected chi connectivity index (χ1v) is 4.63. The maximum Gasteiger partial charge on any atom is 0.353 e. The number of aryl methyl sites for hydroxylation is 1. The molecule has 1 aromatic rings. The van der Waals surface area contributed by atoms with E-state index in [2.05, 4.69) is 30.0 Å². The van der Waals surface area contributed by atoms with Gasteiger partial charge < -0.3 is 14.5 Å². The molecule has 1 amide bonds. The van der Waals surface area contributed by atoms with Gasteiger partial charge in [-0.25, -0.2) is 4.79 Å². The minimum atomic E-state index is -1.21. The molecule has 0 saturated carbocycles. The van der Waals surface area contributed by atoms with Gasteiger partial charge in [0.25, 0.3) is 5.91 Å². The van der Waals surface area contributed by atoms with Crippen LogP contribution in [0, 0.1) is 6.92 Å². The minimum Gasteiger partial charge on any atom is -0.477 e. The van der Waals surface area contributed by atoms with Crippen LogP contribution in [0.1, 0.15) is 12.2 Å². The Morgan fingerprint density at radius 3 is 2.82 bits per heavy atom. The van der Waals surface area contributed by atoms with Crippen molar-refractivity contribution in [3.63, 3.8) is 0 Å². The van der Waals surface area contributed by atoms with Crippen LogP contribution in [0.25, 0.3) is 0 Å². The number of carboxylic acid groups (broad SMARTS) is 1. The van der Waals surface area contributed by atoms with Crippen molar-refractivity contribution in [2.75, 3.05) is 5.32 Å². The summed E-state index contributed by atoms with van der Waals surface area (Å²) in [6.45, 7) is 1.59. The number of carboxylic acids is 1. The highest BCUT2D eigenvalue weighted by atomic mass is 16.6. The standard InChI is InChI=1S/C8H8N4O5/c1-3-9-8(17-11-3)10-6(13)5-2-4(7(14)15)12-16-5/h5H,2H2,1H3,(H,14,15)(H,9,10,11,13). The molecule has 0 aliphatic carbocycles. The van der Waals surface area contributed by atoms with Crippen molar-refractivity contribution in [1.29, 1.82) is 0 Å². The van der Waals surface area contributed by atoms with E-state index in [-0.39, 0.29) is 18.1 Å². The predicted octanol–water partition coefficient (Wildman–Crippen LogP) is -0.454. The Labute approximate surface area is 94.4 Å². The van der Waals surface area contributed by atoms with E-state index in [0.29, 0.717) is 5.82 Å². The summed E-state index contributed by atoms with van der Waals surface area (Å²) >= 11 is 0. The van der Waals surface area contributed by atoms with Crippen molar-refractivity contribution < 1.29 is 24.1 Å². The summed E-state index contributed by atoms with van der Waals surface area (Å²) in [7, 11) is 0. The number of nitrogens with one attached hydrogen (secondary N) is 1. The molecule has 0 fully saturated rings. The van der Waals surface area contributed by atoms with Gasteiger partial charge in [0.1, 0.15) is 0 Å². The smallest absolute Gasteiger partial charge is 0.353 e. The molecule has 1 aliphatic heterocycles. The summed E-state index contributed by atoms with van der Waals surface area (Å²) in [5.74, 6) is -1.43. The Kier molecular flexibility index (Phi) is 2.73. The van der Waals surface area contributed by atoms with Crippen LogP contribution in [-0.2, 0) is 14.4 Å². The predicted molar refractivity (Wildman–Crippen MR) is 52.2 cm³/mol. The number of amides is 1. The number of aliphatic carboxylic acids is 1. The molecule has 0 saturated heterocycles. The molecule has 2 N–H and O–H groups in total. The van der Waals surface area contributed by atoms with E-state index in [9.17, 15) is 9.59 Å². The van der Waals surface area contributed by atoms with Gasteiger partial charge in [0.2, 0.25) is 6.10 Å². The molecule has 17 heavy (non-hydrogen) atoms. The van der Waals surface area contributed by atoms with Gasteiger partial charge in [-0.05, 0) is 6.92 Å². The minimum absolute atomic E-state index is 0.0696. The lowest BCUT2D eigenvalue weighted by Gasteiger charge is -2.05. The number of nitrogens with zero attached hydrogens (tertiary/aromatic N) is 3. The quantitative estimate of drug-likeness (QED) is 0.732. The van der Waals surface area contributed by atoms with Crippen molar-refractivity contribution in [3.8, 4) is 0 Å². The maximum atomic E-state index is 11.6. The molecule has 1 aliphatic rings. The van der Waals surface area contributed by atoms with E-state index in [1.807, 2.05) is 0 Å². The molecular formula is C8H8N4O5. The van der Waals surface area contributed by atoms with Crippen LogP contribution < -0.4 is 5.32 Å². The van der Waals surface area contributed by atoms with Gasteiger partial charge in [-0.1, -0.05) is 10.3 Å². The first kappa shape index (κ1) is 11.0. The summed E-state index contributed by atoms with van der Waals surface area (Å²) in [6, 6.07) is -0.0696. The lowest BCUT2D eigenvalue weighted by molar-refractivity contribution is -0.129. The zero-order chi connectivity index (χ0) is 12.4. The van der Waals surface area contributed by atoms with Crippen LogP contribution in [-0.4, -0.2) is 38.9 Å². The molecule has 0 bridgehead atoms. The second kappa shape index (κ2) is 4.20. The Morgan fingerprint density at radius 1 is 1.53 bits per heavy atom. The zero-order valence-corrected chi connectivity index (χ0v) is 8.71. The third-order valence-electron chi connectivity index (χ3n) is 1.97. The zero-order valence-electron chi connectivity index (χ0n) is 8.71. The average molecular weight is 240 g/mol. The largest absolute Gasteiger partial charge is 0.477 e. The fraction of sp³-hybridized carbons (Fsp3) is 0.375. The number of rotatable bonds is 3. The van der Waals surface area contributed by atoms with Gasteiger partial charge in [-0.3, -0.25) is 10.1 Å². The molecule has 0 aromatic carbocycles. The van der Waals surface area contributed by atoms with E-state index >= 15 is 0 Å². The van der Waals surface area contributed by atoms with Gasteiger partial charge >= 0.3 is 12.0 Å². The van der Waals surface area contributed by atoms with Crippen LogP contribution in [0.15, 0.2) is 9.68 Å². The highest BCUT2D eigenvalue weighted by Crippen LogP contribution is 2.13. The Hall–Kier alpha value is -2.45. The monoisotopic (exact) mass is 240 g/mol. The number of aromatic nitrogens is 2. The second-order valence-corrected chi connectivity index (χ2v) is 3.28. The Balaban J connectivity index is 1.93. The molecule has 90 valence electrons. The summed E-state index contributed by atoms with van der Waals surface area (Å²) < 4.78 is 4.67. The van der Waals surface area contributed by atoms with Gasteiger partial charge in [0, 0.05) is 6.42 Å². The average Bonchev–Trinajstić information content (AvgIpc) is 2.86. The van der Waals surface area contributed by atoms with E-state index in [1.165, 1.54) is 0 Å². The van der Waals surface area contributed by atoms with Crippen LogP contribution in [0.4, 0.5) is 6.01 Å². The van der Waals surface area contributed by atoms with Gasteiger partial charge in [0.15, 0.2) is 11.5 Å². The molecular weight excluding hydrogens is 232 g/mol. The second-order valence-electron chi connectivity index (χ2n) is 3.28. The molecule has 9 heteroatoms. The summed E-state index contributed by atoms with van der Waals surface area (Å²) in [5.41, 5.74) is -0.202. The normalized spacial score (nSPS) is 18.4. The number of hydrogen-bond donors (Lipinski definition) is 2. The SMILES string of the molecule is Cc1noc(NC(=O)C2CC(C(=O)O)=NO2)n1. The van der Waals surface area contributed by atoms with Crippen LogP contribution in [0.5, 0.6) is 0 Å². The molecule has 2 heterocycles. The first-order valence-electron chi connectivity index (χ1n) is 4.63. The third kappa shape index (κ3) is 2.38. The van der Waals surface area contributed by atoms with E-state index < -0.39 is 18.0 Å². The number of carbonyl (C=O) groups excluding carboxylic acids is 1. The highest BCUT2D eigenvalue weighted by molar-refractivity contribution is 6.36. The van der Waals surface area contributed by atoms with E-state index in [1.54, 1.807) is 6.92 Å². The van der Waals surface area contributed by atoms with Crippen LogP contribution in [0.3, 0.4) is 0 Å². The van der Waals surface area contributed by atoms with Crippen molar-refractivity contribution in [2.45, 2.75) is 19.4 Å². The third-order valence-corrected chi connectivity index (χ3v) is 1.97. The van der Waals surface area contributed by atoms with Crippen LogP contribution in [0.2, 0.25) is 0 Å². The number of carbonyl (C=O) groups is 2. The Bertz CT molecular complexity index is 494. The molecule has 1 unspecified atom stereocenters. The fourth-order valence-corrected chi connectivity index (χ4v) is 1.18. The lowest BCUT2D eigenvalue weighted by Crippen LogP contribution is -2.29. The van der Waals surface area contributed by atoms with Crippen molar-refractivity contribution >= 4 is 23.6 Å². The number of oxime groups is 1. The maximum absolute atomic E-state index is 11.6. The Morgan fingerprint density at radius 2 is 2.29 bits per heavy atom. The summed E-state index contributed by atoms with van der Waals surface area (Å²) in [4.78, 5) is 30.5. The van der Waals surface area contributed by atoms with Gasteiger partial charge in [0.05, 0.1) is 0 Å². The van der Waals surface area contributed by atoms with Crippen molar-refractivity contribution in [2.24, 2.45) is 5.16 Å². The topological polar surface area (TPSA) is 127 Å². The summed E-state index contributed by atoms with van der Waals surface area (Å²) in [6.07, 6.45) is -1.10. The molecule has 2 rings (SSSR count). The van der Waals surface area contributed by atoms with Gasteiger partial charge in [-0.15, -0.1) is 0 Å². The van der Waals surface area contributed by atoms with Crippen molar-refractivity contribution in [3.05, 3.63) is 5.82 Å². The lowest BCUT2D eigenvalue weighted by atomic mass is 10.2. The van der Waals surface area contributed by atoms with Gasteiger partial charge in [-0.2, -0.15) is 4.98 Å². The van der Waals surface area contributed by atoms with Crippen LogP contribution >= 0.6 is 0 Å². The number of hydrogen-bond acceptors (Lipinski definition) is 7. The number of anilines is 1. The molecule has 9 nitrogen and oxygen atoms in total. The van der Waals surface area contributed by atoms with E-state index in [0.717, 1.165) is 0 Å². The molecule has 1 atom stereocenters. The first-order chi connectivity index (χ1) is 8.06. The molecule has 0 spiro atoms. The highest BCUT2D eigenvalue weighted by Gasteiger charge is 2.32.